The predicted octanol–water partition coefficient (Wildman–Crippen LogP) is 3.31. The molecule has 0 aliphatic rings. The van der Waals surface area contributed by atoms with E-state index in [1.54, 1.807) is 0 Å². The molecule has 1 aromatic heterocycles. The summed E-state index contributed by atoms with van der Waals surface area (Å²) in [7, 11) is 0. The van der Waals surface area contributed by atoms with E-state index in [4.69, 9.17) is 4.74 Å². The summed E-state index contributed by atoms with van der Waals surface area (Å²) in [6.45, 7) is 0. The van der Waals surface area contributed by atoms with Crippen molar-refractivity contribution in [3.8, 4) is 11.8 Å². The van der Waals surface area contributed by atoms with Gasteiger partial charge >= 0.3 is 6.01 Å². The molecular weight excluding hydrogens is 282 g/mol. The quantitative estimate of drug-likeness (QED) is 0.850. The molecule has 82 valence electrons. The minimum atomic E-state index is -0.716. The lowest BCUT2D eigenvalue weighted by atomic mass is 10.3. The Labute approximate surface area is 98.2 Å². The summed E-state index contributed by atoms with van der Waals surface area (Å²) < 4.78 is 31.4. The molecule has 6 heteroatoms. The molecule has 0 spiro atoms. The number of nitrogens with zero attached hydrogens (tertiary/aromatic N) is 2. The van der Waals surface area contributed by atoms with E-state index >= 15 is 0 Å². The zero-order valence-corrected chi connectivity index (χ0v) is 9.41. The van der Waals surface area contributed by atoms with Crippen LogP contribution in [-0.2, 0) is 0 Å². The molecule has 0 unspecified atom stereocenters. The maximum atomic E-state index is 12.8. The Kier molecular flexibility index (Phi) is 3.09. The van der Waals surface area contributed by atoms with Crippen LogP contribution >= 0.6 is 15.9 Å². The maximum absolute atomic E-state index is 12.8. The molecule has 1 heterocycles. The van der Waals surface area contributed by atoms with Crippen molar-refractivity contribution >= 4 is 15.9 Å². The van der Waals surface area contributed by atoms with Crippen LogP contribution in [0.25, 0.3) is 0 Å². The zero-order chi connectivity index (χ0) is 11.5. The second-order valence-corrected chi connectivity index (χ2v) is 3.81. The lowest BCUT2D eigenvalue weighted by molar-refractivity contribution is 0.432. The molecule has 0 aliphatic heterocycles. The summed E-state index contributed by atoms with van der Waals surface area (Å²) in [5.41, 5.74) is 0. The third kappa shape index (κ3) is 2.73. The molecule has 0 fully saturated rings. The molecular formula is C10H5BrF2N2O. The standard InChI is InChI=1S/C10H5BrF2N2O/c11-6-4-14-10(15-5-6)16-9-2-7(12)1-8(13)3-9/h1-5H. The van der Waals surface area contributed by atoms with Gasteiger partial charge in [0.2, 0.25) is 0 Å². The minimum Gasteiger partial charge on any atom is -0.424 e. The van der Waals surface area contributed by atoms with Crippen LogP contribution in [0.4, 0.5) is 8.78 Å². The van der Waals surface area contributed by atoms with Crippen LogP contribution in [-0.4, -0.2) is 9.97 Å². The summed E-state index contributed by atoms with van der Waals surface area (Å²) >= 11 is 3.15. The van der Waals surface area contributed by atoms with Crippen molar-refractivity contribution in [1.29, 1.82) is 0 Å². The van der Waals surface area contributed by atoms with E-state index in [-0.39, 0.29) is 11.8 Å². The number of rotatable bonds is 2. The number of hydrogen-bond acceptors (Lipinski definition) is 3. The van der Waals surface area contributed by atoms with Crippen molar-refractivity contribution in [1.82, 2.24) is 9.97 Å². The molecule has 0 bridgehead atoms. The van der Waals surface area contributed by atoms with Crippen molar-refractivity contribution in [2.24, 2.45) is 0 Å². The smallest absolute Gasteiger partial charge is 0.321 e. The number of ether oxygens (including phenoxy) is 1. The first-order valence-electron chi connectivity index (χ1n) is 4.25. The summed E-state index contributed by atoms with van der Waals surface area (Å²) in [6.07, 6.45) is 2.94. The molecule has 0 saturated carbocycles. The second-order valence-electron chi connectivity index (χ2n) is 2.89. The van der Waals surface area contributed by atoms with Crippen LogP contribution in [0.5, 0.6) is 11.8 Å². The van der Waals surface area contributed by atoms with Gasteiger partial charge in [0.15, 0.2) is 0 Å². The highest BCUT2D eigenvalue weighted by Gasteiger charge is 2.04. The Bertz CT molecular complexity index is 484. The van der Waals surface area contributed by atoms with E-state index in [2.05, 4.69) is 25.9 Å². The van der Waals surface area contributed by atoms with E-state index in [1.165, 1.54) is 12.4 Å². The fourth-order valence-electron chi connectivity index (χ4n) is 1.05. The van der Waals surface area contributed by atoms with Gasteiger partial charge in [0.25, 0.3) is 0 Å². The van der Waals surface area contributed by atoms with E-state index in [9.17, 15) is 8.78 Å². The third-order valence-corrected chi connectivity index (χ3v) is 2.05. The van der Waals surface area contributed by atoms with E-state index < -0.39 is 11.6 Å². The molecule has 1 aromatic carbocycles. The van der Waals surface area contributed by atoms with Gasteiger partial charge in [-0.15, -0.1) is 0 Å². The Balaban J connectivity index is 2.23. The highest BCUT2D eigenvalue weighted by Crippen LogP contribution is 2.20. The Hall–Kier alpha value is -1.56. The summed E-state index contributed by atoms with van der Waals surface area (Å²) in [4.78, 5) is 7.62. The van der Waals surface area contributed by atoms with Gasteiger partial charge in [-0.2, -0.15) is 0 Å². The molecule has 2 rings (SSSR count). The lowest BCUT2D eigenvalue weighted by Gasteiger charge is -2.03. The molecule has 0 radical (unpaired) electrons. The van der Waals surface area contributed by atoms with Crippen LogP contribution in [0.1, 0.15) is 0 Å². The van der Waals surface area contributed by atoms with Crippen molar-refractivity contribution in [2.45, 2.75) is 0 Å². The molecule has 3 nitrogen and oxygen atoms in total. The number of hydrogen-bond donors (Lipinski definition) is 0. The van der Waals surface area contributed by atoms with Crippen molar-refractivity contribution < 1.29 is 13.5 Å². The van der Waals surface area contributed by atoms with Gasteiger partial charge in [-0.3, -0.25) is 0 Å². The molecule has 0 N–H and O–H groups in total. The average molecular weight is 287 g/mol. The highest BCUT2D eigenvalue weighted by atomic mass is 79.9. The average Bonchev–Trinajstić information content (AvgIpc) is 2.20. The predicted molar refractivity (Wildman–Crippen MR) is 56.2 cm³/mol. The van der Waals surface area contributed by atoms with E-state index in [0.29, 0.717) is 4.47 Å². The van der Waals surface area contributed by atoms with Gasteiger partial charge in [0, 0.05) is 30.6 Å². The molecule has 0 atom stereocenters. The van der Waals surface area contributed by atoms with E-state index in [1.807, 2.05) is 0 Å². The first-order valence-corrected chi connectivity index (χ1v) is 5.04. The van der Waals surface area contributed by atoms with Crippen molar-refractivity contribution in [2.75, 3.05) is 0 Å². The van der Waals surface area contributed by atoms with Gasteiger partial charge in [0.05, 0.1) is 4.47 Å². The highest BCUT2D eigenvalue weighted by molar-refractivity contribution is 9.10. The fraction of sp³-hybridized carbons (Fsp3) is 0. The van der Waals surface area contributed by atoms with Gasteiger partial charge in [0.1, 0.15) is 17.4 Å². The van der Waals surface area contributed by atoms with Crippen molar-refractivity contribution in [3.63, 3.8) is 0 Å². The molecule has 0 saturated heterocycles. The summed E-state index contributed by atoms with van der Waals surface area (Å²) in [5.74, 6) is -1.42. The van der Waals surface area contributed by atoms with Crippen LogP contribution in [0.3, 0.4) is 0 Å². The first-order chi connectivity index (χ1) is 7.63. The summed E-state index contributed by atoms with van der Waals surface area (Å²) in [6, 6.07) is 2.88. The monoisotopic (exact) mass is 286 g/mol. The van der Waals surface area contributed by atoms with Gasteiger partial charge in [-0.05, 0) is 15.9 Å². The first kappa shape index (κ1) is 10.9. The molecule has 16 heavy (non-hydrogen) atoms. The normalized spacial score (nSPS) is 10.2. The van der Waals surface area contributed by atoms with Crippen LogP contribution < -0.4 is 4.74 Å². The topological polar surface area (TPSA) is 35.0 Å². The number of benzene rings is 1. The molecule has 0 aliphatic carbocycles. The lowest BCUT2D eigenvalue weighted by Crippen LogP contribution is -1.92. The second kappa shape index (κ2) is 4.52. The Morgan fingerprint density at radius 2 is 1.56 bits per heavy atom. The van der Waals surface area contributed by atoms with Gasteiger partial charge in [-0.1, -0.05) is 0 Å². The summed E-state index contributed by atoms with van der Waals surface area (Å²) in [5, 5.41) is 0. The number of aromatic nitrogens is 2. The number of halogens is 3. The van der Waals surface area contributed by atoms with Gasteiger partial charge in [-0.25, -0.2) is 18.7 Å². The van der Waals surface area contributed by atoms with Crippen LogP contribution in [0, 0.1) is 11.6 Å². The zero-order valence-electron chi connectivity index (χ0n) is 7.82. The largest absolute Gasteiger partial charge is 0.424 e. The van der Waals surface area contributed by atoms with E-state index in [0.717, 1.165) is 18.2 Å². The molecule has 2 aromatic rings. The van der Waals surface area contributed by atoms with Gasteiger partial charge < -0.3 is 4.74 Å². The SMILES string of the molecule is Fc1cc(F)cc(Oc2ncc(Br)cn2)c1. The minimum absolute atomic E-state index is 0.0137. The Morgan fingerprint density at radius 1 is 1.00 bits per heavy atom. The van der Waals surface area contributed by atoms with Crippen LogP contribution in [0.2, 0.25) is 0 Å². The Morgan fingerprint density at radius 3 is 2.12 bits per heavy atom. The van der Waals surface area contributed by atoms with Crippen molar-refractivity contribution in [3.05, 3.63) is 46.7 Å². The fourth-order valence-corrected chi connectivity index (χ4v) is 1.25. The third-order valence-electron chi connectivity index (χ3n) is 1.64. The molecule has 0 amide bonds. The maximum Gasteiger partial charge on any atom is 0.321 e. The van der Waals surface area contributed by atoms with Crippen LogP contribution in [0.15, 0.2) is 35.1 Å².